The molecular weight excluding hydrogens is 264 g/mol. The molecule has 0 fully saturated rings. The Bertz CT molecular complexity index is 416. The monoisotopic (exact) mass is 272 g/mol. The van der Waals surface area contributed by atoms with Crippen LogP contribution in [-0.4, -0.2) is 6.41 Å². The van der Waals surface area contributed by atoms with Gasteiger partial charge in [-0.2, -0.15) is 0 Å². The minimum atomic E-state index is 0.403. The van der Waals surface area contributed by atoms with E-state index in [-0.39, 0.29) is 0 Å². The zero-order valence-electron chi connectivity index (χ0n) is 7.24. The molecule has 0 bridgehead atoms. The van der Waals surface area contributed by atoms with E-state index in [0.717, 1.165) is 4.47 Å². The number of hydrogen-bond acceptors (Lipinski definition) is 3. The number of hydrogen-bond donors (Lipinski definition) is 2. The summed E-state index contributed by atoms with van der Waals surface area (Å²) in [6.45, 7) is 0. The highest BCUT2D eigenvalue weighted by molar-refractivity contribution is 9.10. The van der Waals surface area contributed by atoms with Gasteiger partial charge >= 0.3 is 0 Å². The van der Waals surface area contributed by atoms with Crippen molar-refractivity contribution in [3.8, 4) is 0 Å². The molecule has 0 aliphatic carbocycles. The highest BCUT2D eigenvalue weighted by Crippen LogP contribution is 2.23. The van der Waals surface area contributed by atoms with Crippen LogP contribution in [-0.2, 0) is 4.79 Å². The molecule has 5 heteroatoms. The van der Waals surface area contributed by atoms with E-state index in [0.29, 0.717) is 6.41 Å². The number of carbonyl (C=O) groups excluding carboxylic acids is 1. The number of benzene rings is 1. The zero-order chi connectivity index (χ0) is 10.4. The molecule has 0 atom stereocenters. The maximum absolute atomic E-state index is 8.94. The number of halogens is 1. The van der Waals surface area contributed by atoms with E-state index in [9.17, 15) is 0 Å². The third kappa shape index (κ3) is 3.10. The minimum Gasteiger partial charge on any atom is -0.297 e. The molecule has 0 saturated carbocycles. The molecule has 3 nitrogen and oxygen atoms in total. The van der Waals surface area contributed by atoms with Gasteiger partial charge in [0.05, 0.1) is 0 Å². The molecule has 1 aromatic carbocycles. The van der Waals surface area contributed by atoms with Crippen LogP contribution in [0.15, 0.2) is 34.1 Å². The molecule has 0 spiro atoms. The van der Waals surface area contributed by atoms with Crippen LogP contribution >= 0.6 is 27.3 Å². The van der Waals surface area contributed by atoms with Gasteiger partial charge in [-0.1, -0.05) is 15.9 Å². The molecule has 2 aromatic rings. The van der Waals surface area contributed by atoms with Gasteiger partial charge in [-0.15, -0.1) is 11.3 Å². The maximum atomic E-state index is 8.94. The third-order valence-corrected chi connectivity index (χ3v) is 2.87. The molecule has 14 heavy (non-hydrogen) atoms. The first-order chi connectivity index (χ1) is 6.77. The number of thiophene rings is 1. The van der Waals surface area contributed by atoms with E-state index in [4.69, 9.17) is 4.79 Å². The van der Waals surface area contributed by atoms with E-state index < -0.39 is 0 Å². The Balaban J connectivity index is 0.000000213. The van der Waals surface area contributed by atoms with Crippen molar-refractivity contribution in [2.45, 2.75) is 0 Å². The largest absolute Gasteiger partial charge is 0.297 e. The van der Waals surface area contributed by atoms with E-state index in [1.165, 1.54) is 10.1 Å². The fourth-order valence-corrected chi connectivity index (χ4v) is 2.09. The second-order valence-electron chi connectivity index (χ2n) is 2.39. The standard InChI is InChI=1S/C8H5BrS.CH4N2O/c9-7-1-2-8-6(5-7)3-4-10-8;2-3-1-4/h1-5H;1H,2H2,(H,3,4). The summed E-state index contributed by atoms with van der Waals surface area (Å²) in [4.78, 5) is 8.94. The van der Waals surface area contributed by atoms with E-state index in [1.54, 1.807) is 16.8 Å². The van der Waals surface area contributed by atoms with E-state index >= 15 is 0 Å². The van der Waals surface area contributed by atoms with Gasteiger partial charge in [-0.05, 0) is 35.0 Å². The molecule has 3 N–H and O–H groups in total. The van der Waals surface area contributed by atoms with Crippen LogP contribution < -0.4 is 11.3 Å². The van der Waals surface area contributed by atoms with Crippen molar-refractivity contribution >= 4 is 43.8 Å². The Kier molecular flexibility index (Phi) is 4.58. The van der Waals surface area contributed by atoms with E-state index in [1.807, 2.05) is 0 Å². The van der Waals surface area contributed by atoms with Gasteiger partial charge in [0.25, 0.3) is 0 Å². The molecule has 2 rings (SSSR count). The van der Waals surface area contributed by atoms with Crippen LogP contribution in [0.3, 0.4) is 0 Å². The number of fused-ring (bicyclic) bond motifs is 1. The van der Waals surface area contributed by atoms with Crippen LogP contribution in [0.1, 0.15) is 0 Å². The SMILES string of the molecule is Brc1ccc2sccc2c1.NNC=O. The van der Waals surface area contributed by atoms with Crippen molar-refractivity contribution in [3.63, 3.8) is 0 Å². The summed E-state index contributed by atoms with van der Waals surface area (Å²) in [6.07, 6.45) is 0.403. The second kappa shape index (κ2) is 5.74. The summed E-state index contributed by atoms with van der Waals surface area (Å²) in [5.74, 6) is 4.41. The molecule has 0 aliphatic heterocycles. The van der Waals surface area contributed by atoms with Crippen molar-refractivity contribution in [1.29, 1.82) is 0 Å². The summed E-state index contributed by atoms with van der Waals surface area (Å²) in [7, 11) is 0. The molecule has 1 aromatic heterocycles. The van der Waals surface area contributed by atoms with Crippen LogP contribution in [0, 0.1) is 0 Å². The highest BCUT2D eigenvalue weighted by Gasteiger charge is 1.92. The molecule has 0 radical (unpaired) electrons. The molecule has 0 saturated heterocycles. The first-order valence-electron chi connectivity index (χ1n) is 3.80. The average molecular weight is 273 g/mol. The van der Waals surface area contributed by atoms with Gasteiger partial charge in [-0.3, -0.25) is 10.2 Å². The Morgan fingerprint density at radius 3 is 2.79 bits per heavy atom. The predicted molar refractivity (Wildman–Crippen MR) is 62.9 cm³/mol. The van der Waals surface area contributed by atoms with Crippen molar-refractivity contribution in [1.82, 2.24) is 5.43 Å². The minimum absolute atomic E-state index is 0.403. The predicted octanol–water partition coefficient (Wildman–Crippen LogP) is 2.27. The Hall–Kier alpha value is -0.910. The van der Waals surface area contributed by atoms with Crippen LogP contribution in [0.25, 0.3) is 10.1 Å². The number of carbonyl (C=O) groups is 1. The first kappa shape index (κ1) is 11.2. The summed E-state index contributed by atoms with van der Waals surface area (Å²) < 4.78 is 2.50. The lowest BCUT2D eigenvalue weighted by Gasteiger charge is -1.88. The molecule has 74 valence electrons. The van der Waals surface area contributed by atoms with E-state index in [2.05, 4.69) is 51.4 Å². The second-order valence-corrected chi connectivity index (χ2v) is 4.25. The number of nitrogens with one attached hydrogen (secondary N) is 1. The Morgan fingerprint density at radius 2 is 2.14 bits per heavy atom. The van der Waals surface area contributed by atoms with Gasteiger partial charge in [0.15, 0.2) is 0 Å². The van der Waals surface area contributed by atoms with Gasteiger partial charge in [-0.25, -0.2) is 5.84 Å². The maximum Gasteiger partial charge on any atom is 0.221 e. The van der Waals surface area contributed by atoms with Crippen molar-refractivity contribution in [2.24, 2.45) is 5.84 Å². The quantitative estimate of drug-likeness (QED) is 0.362. The lowest BCUT2D eigenvalue weighted by atomic mass is 10.3. The highest BCUT2D eigenvalue weighted by atomic mass is 79.9. The smallest absolute Gasteiger partial charge is 0.221 e. The number of hydrazine groups is 1. The normalized spacial score (nSPS) is 9.00. The molecule has 0 unspecified atom stereocenters. The van der Waals surface area contributed by atoms with Gasteiger partial charge < -0.3 is 0 Å². The fraction of sp³-hybridized carbons (Fsp3) is 0. The van der Waals surface area contributed by atoms with Crippen molar-refractivity contribution < 1.29 is 4.79 Å². The van der Waals surface area contributed by atoms with Crippen molar-refractivity contribution in [2.75, 3.05) is 0 Å². The van der Waals surface area contributed by atoms with Gasteiger partial charge in [0, 0.05) is 9.17 Å². The summed E-state index contributed by atoms with van der Waals surface area (Å²) >= 11 is 5.20. The number of amides is 1. The van der Waals surface area contributed by atoms with Gasteiger partial charge in [0.1, 0.15) is 0 Å². The summed E-state index contributed by atoms with van der Waals surface area (Å²) in [5.41, 5.74) is 1.75. The zero-order valence-corrected chi connectivity index (χ0v) is 9.64. The van der Waals surface area contributed by atoms with Crippen LogP contribution in [0.2, 0.25) is 0 Å². The van der Waals surface area contributed by atoms with Crippen LogP contribution in [0.5, 0.6) is 0 Å². The van der Waals surface area contributed by atoms with Gasteiger partial charge in [0.2, 0.25) is 6.41 Å². The Labute approximate surface area is 94.0 Å². The topological polar surface area (TPSA) is 55.1 Å². The summed E-state index contributed by atoms with van der Waals surface area (Å²) in [5, 5.41) is 3.43. The average Bonchev–Trinajstić information content (AvgIpc) is 2.65. The lowest BCUT2D eigenvalue weighted by molar-refractivity contribution is -0.109. The third-order valence-electron chi connectivity index (χ3n) is 1.48. The molecule has 1 amide bonds. The molecular formula is C9H9BrN2OS. The summed E-state index contributed by atoms with van der Waals surface area (Å²) in [6, 6.07) is 8.46. The lowest BCUT2D eigenvalue weighted by Crippen LogP contribution is -2.18. The van der Waals surface area contributed by atoms with Crippen LogP contribution in [0.4, 0.5) is 0 Å². The fourth-order valence-electron chi connectivity index (χ4n) is 0.938. The molecule has 0 aliphatic rings. The number of nitrogens with two attached hydrogens (primary N) is 1. The Morgan fingerprint density at radius 1 is 1.43 bits per heavy atom. The molecule has 1 heterocycles. The first-order valence-corrected chi connectivity index (χ1v) is 5.47. The number of rotatable bonds is 1. The van der Waals surface area contributed by atoms with Crippen molar-refractivity contribution in [3.05, 3.63) is 34.1 Å².